The monoisotopic (exact) mass is 251 g/mol. The van der Waals surface area contributed by atoms with Gasteiger partial charge < -0.3 is 9.73 Å². The van der Waals surface area contributed by atoms with Crippen LogP contribution in [0.2, 0.25) is 0 Å². The molecule has 0 saturated heterocycles. The van der Waals surface area contributed by atoms with Gasteiger partial charge in [0.25, 0.3) is 0 Å². The number of rotatable bonds is 10. The minimum Gasteiger partial charge on any atom is -0.469 e. The largest absolute Gasteiger partial charge is 0.469 e. The fourth-order valence-corrected chi connectivity index (χ4v) is 2.53. The average molecular weight is 251 g/mol. The predicted octanol–water partition coefficient (Wildman–Crippen LogP) is 4.41. The van der Waals surface area contributed by atoms with Gasteiger partial charge in [-0.25, -0.2) is 0 Å². The molecule has 1 aromatic heterocycles. The third-order valence-corrected chi connectivity index (χ3v) is 3.87. The zero-order valence-electron chi connectivity index (χ0n) is 12.3. The molecule has 0 aliphatic carbocycles. The van der Waals surface area contributed by atoms with Crippen LogP contribution in [0.25, 0.3) is 0 Å². The van der Waals surface area contributed by atoms with Crippen molar-refractivity contribution >= 4 is 0 Å². The zero-order chi connectivity index (χ0) is 13.3. The first-order chi connectivity index (χ1) is 8.76. The maximum Gasteiger partial charge on any atom is 0.104 e. The second-order valence-electron chi connectivity index (χ2n) is 5.39. The fraction of sp³-hybridized carbons (Fsp3) is 0.750. The van der Waals surface area contributed by atoms with E-state index in [0.29, 0.717) is 5.41 Å². The second kappa shape index (κ2) is 8.36. The van der Waals surface area contributed by atoms with Gasteiger partial charge in [-0.2, -0.15) is 0 Å². The molecule has 0 aliphatic rings. The lowest BCUT2D eigenvalue weighted by atomic mass is 9.76. The summed E-state index contributed by atoms with van der Waals surface area (Å²) in [5.74, 6) is 1.13. The van der Waals surface area contributed by atoms with Crippen molar-refractivity contribution in [3.63, 3.8) is 0 Å². The van der Waals surface area contributed by atoms with Crippen molar-refractivity contribution in [1.82, 2.24) is 5.32 Å². The Morgan fingerprint density at radius 1 is 1.22 bits per heavy atom. The number of hydrogen-bond acceptors (Lipinski definition) is 2. The van der Waals surface area contributed by atoms with Crippen molar-refractivity contribution in [1.29, 1.82) is 0 Å². The van der Waals surface area contributed by atoms with E-state index in [1.54, 1.807) is 6.26 Å². The molecule has 0 aliphatic heterocycles. The summed E-state index contributed by atoms with van der Waals surface area (Å²) in [5, 5.41) is 3.61. The molecule has 0 fully saturated rings. The van der Waals surface area contributed by atoms with Gasteiger partial charge in [-0.05, 0) is 43.4 Å². The molecular weight excluding hydrogens is 222 g/mol. The van der Waals surface area contributed by atoms with E-state index in [-0.39, 0.29) is 0 Å². The summed E-state index contributed by atoms with van der Waals surface area (Å²) in [6.07, 6.45) is 9.13. The van der Waals surface area contributed by atoms with Gasteiger partial charge in [-0.1, -0.05) is 33.6 Å². The van der Waals surface area contributed by atoms with Crippen molar-refractivity contribution in [2.45, 2.75) is 59.3 Å². The summed E-state index contributed by atoms with van der Waals surface area (Å²) in [7, 11) is 0. The van der Waals surface area contributed by atoms with Crippen LogP contribution in [-0.2, 0) is 6.42 Å². The van der Waals surface area contributed by atoms with E-state index in [1.165, 1.54) is 32.1 Å². The Morgan fingerprint density at radius 3 is 2.61 bits per heavy atom. The zero-order valence-corrected chi connectivity index (χ0v) is 12.3. The van der Waals surface area contributed by atoms with E-state index in [4.69, 9.17) is 4.42 Å². The van der Waals surface area contributed by atoms with Crippen molar-refractivity contribution in [3.05, 3.63) is 24.2 Å². The molecular formula is C16H29NO. The summed E-state index contributed by atoms with van der Waals surface area (Å²) in [6, 6.07) is 4.10. The molecule has 104 valence electrons. The highest BCUT2D eigenvalue weighted by atomic mass is 16.3. The molecule has 2 heteroatoms. The van der Waals surface area contributed by atoms with E-state index >= 15 is 0 Å². The quantitative estimate of drug-likeness (QED) is 0.623. The third-order valence-electron chi connectivity index (χ3n) is 3.87. The SMILES string of the molecule is CCCCC(CC)(CNCCC)Cc1ccco1. The van der Waals surface area contributed by atoms with Gasteiger partial charge in [0, 0.05) is 13.0 Å². The summed E-state index contributed by atoms with van der Waals surface area (Å²) in [4.78, 5) is 0. The topological polar surface area (TPSA) is 25.2 Å². The van der Waals surface area contributed by atoms with Gasteiger partial charge in [0.15, 0.2) is 0 Å². The third kappa shape index (κ3) is 4.85. The molecule has 1 atom stereocenters. The van der Waals surface area contributed by atoms with Crippen LogP contribution < -0.4 is 5.32 Å². The van der Waals surface area contributed by atoms with Crippen LogP contribution in [0.3, 0.4) is 0 Å². The first kappa shape index (κ1) is 15.3. The van der Waals surface area contributed by atoms with E-state index in [1.807, 2.05) is 6.07 Å². The Balaban J connectivity index is 2.63. The Labute approximate surface area is 112 Å². The first-order valence-corrected chi connectivity index (χ1v) is 7.49. The molecule has 0 amide bonds. The van der Waals surface area contributed by atoms with Gasteiger partial charge in [0.05, 0.1) is 6.26 Å². The molecule has 1 aromatic rings. The normalized spacial score (nSPS) is 14.6. The molecule has 0 radical (unpaired) electrons. The summed E-state index contributed by atoms with van der Waals surface area (Å²) >= 11 is 0. The standard InChI is InChI=1S/C16H29NO/c1-4-7-10-16(6-3,14-17-11-5-2)13-15-9-8-12-18-15/h8-9,12,17H,4-7,10-11,13-14H2,1-3H3. The molecule has 0 aromatic carbocycles. The smallest absolute Gasteiger partial charge is 0.104 e. The number of nitrogens with one attached hydrogen (secondary N) is 1. The van der Waals surface area contributed by atoms with Crippen molar-refractivity contribution in [2.75, 3.05) is 13.1 Å². The highest BCUT2D eigenvalue weighted by Gasteiger charge is 2.28. The molecule has 0 bridgehead atoms. The Bertz CT molecular complexity index is 294. The van der Waals surface area contributed by atoms with Gasteiger partial charge in [0.1, 0.15) is 5.76 Å². The highest BCUT2D eigenvalue weighted by Crippen LogP contribution is 2.32. The molecule has 2 nitrogen and oxygen atoms in total. The van der Waals surface area contributed by atoms with Crippen LogP contribution in [-0.4, -0.2) is 13.1 Å². The lowest BCUT2D eigenvalue weighted by Crippen LogP contribution is -2.36. The summed E-state index contributed by atoms with van der Waals surface area (Å²) in [5.41, 5.74) is 0.364. The molecule has 1 rings (SSSR count). The molecule has 0 saturated carbocycles. The Hall–Kier alpha value is -0.760. The van der Waals surface area contributed by atoms with E-state index in [2.05, 4.69) is 32.2 Å². The van der Waals surface area contributed by atoms with E-state index < -0.39 is 0 Å². The van der Waals surface area contributed by atoms with Gasteiger partial charge in [0.2, 0.25) is 0 Å². The number of furan rings is 1. The molecule has 0 spiro atoms. The van der Waals surface area contributed by atoms with Crippen LogP contribution in [0.1, 0.15) is 58.6 Å². The van der Waals surface area contributed by atoms with Crippen LogP contribution in [0, 0.1) is 5.41 Å². The number of hydrogen-bond donors (Lipinski definition) is 1. The number of unbranched alkanes of at least 4 members (excludes halogenated alkanes) is 1. The van der Waals surface area contributed by atoms with E-state index in [9.17, 15) is 0 Å². The van der Waals surface area contributed by atoms with Crippen molar-refractivity contribution in [2.24, 2.45) is 5.41 Å². The molecule has 1 N–H and O–H groups in total. The Morgan fingerprint density at radius 2 is 2.06 bits per heavy atom. The van der Waals surface area contributed by atoms with E-state index in [0.717, 1.165) is 25.3 Å². The second-order valence-corrected chi connectivity index (χ2v) is 5.39. The van der Waals surface area contributed by atoms with Crippen LogP contribution in [0.4, 0.5) is 0 Å². The minimum atomic E-state index is 0.364. The van der Waals surface area contributed by atoms with Gasteiger partial charge in [-0.3, -0.25) is 0 Å². The Kier molecular flexibility index (Phi) is 7.11. The van der Waals surface area contributed by atoms with Gasteiger partial charge >= 0.3 is 0 Å². The van der Waals surface area contributed by atoms with Crippen LogP contribution in [0.5, 0.6) is 0 Å². The summed E-state index contributed by atoms with van der Waals surface area (Å²) in [6.45, 7) is 9.03. The first-order valence-electron chi connectivity index (χ1n) is 7.49. The molecule has 1 heterocycles. The highest BCUT2D eigenvalue weighted by molar-refractivity contribution is 5.02. The van der Waals surface area contributed by atoms with Crippen LogP contribution in [0.15, 0.2) is 22.8 Å². The molecule has 18 heavy (non-hydrogen) atoms. The lowest BCUT2D eigenvalue weighted by molar-refractivity contribution is 0.215. The van der Waals surface area contributed by atoms with Crippen molar-refractivity contribution < 1.29 is 4.42 Å². The van der Waals surface area contributed by atoms with Crippen LogP contribution >= 0.6 is 0 Å². The maximum absolute atomic E-state index is 5.55. The fourth-order valence-electron chi connectivity index (χ4n) is 2.53. The summed E-state index contributed by atoms with van der Waals surface area (Å²) < 4.78 is 5.55. The van der Waals surface area contributed by atoms with Gasteiger partial charge in [-0.15, -0.1) is 0 Å². The minimum absolute atomic E-state index is 0.364. The predicted molar refractivity (Wildman–Crippen MR) is 77.8 cm³/mol. The maximum atomic E-state index is 5.55. The lowest BCUT2D eigenvalue weighted by Gasteiger charge is -2.32. The van der Waals surface area contributed by atoms with Crippen molar-refractivity contribution in [3.8, 4) is 0 Å². The average Bonchev–Trinajstić information content (AvgIpc) is 2.89. The molecule has 1 unspecified atom stereocenters.